The first-order chi connectivity index (χ1) is 14.1. The maximum Gasteiger partial charge on any atom is 0.252 e. The molecule has 0 saturated heterocycles. The SMILES string of the molecule is CCN1CC=C(C2=CN3C(=O)C=C(c4ccc(OC)c(OC)c4)PC3C=C2)CC1. The van der Waals surface area contributed by atoms with Crippen LogP contribution in [-0.2, 0) is 4.79 Å². The van der Waals surface area contributed by atoms with Gasteiger partial charge in [-0.3, -0.25) is 9.69 Å². The molecule has 0 aromatic heterocycles. The number of methoxy groups -OCH3 is 2. The van der Waals surface area contributed by atoms with Crippen LogP contribution in [0.1, 0.15) is 18.9 Å². The summed E-state index contributed by atoms with van der Waals surface area (Å²) in [5.74, 6) is 1.48. The molecule has 29 heavy (non-hydrogen) atoms. The summed E-state index contributed by atoms with van der Waals surface area (Å²) >= 11 is 0. The van der Waals surface area contributed by atoms with Crippen molar-refractivity contribution < 1.29 is 14.3 Å². The number of likely N-dealkylation sites (N-methyl/N-ethyl adjacent to an activating group) is 1. The fourth-order valence-electron chi connectivity index (χ4n) is 3.90. The van der Waals surface area contributed by atoms with Crippen molar-refractivity contribution in [2.75, 3.05) is 33.9 Å². The van der Waals surface area contributed by atoms with Crippen LogP contribution in [0.4, 0.5) is 0 Å². The number of nitrogens with zero attached hydrogens (tertiary/aromatic N) is 2. The van der Waals surface area contributed by atoms with Crippen LogP contribution in [0.15, 0.2) is 59.8 Å². The van der Waals surface area contributed by atoms with Gasteiger partial charge in [0.15, 0.2) is 11.5 Å². The van der Waals surface area contributed by atoms with E-state index in [0.717, 1.165) is 42.5 Å². The largest absolute Gasteiger partial charge is 0.493 e. The predicted molar refractivity (Wildman–Crippen MR) is 119 cm³/mol. The number of fused-ring (bicyclic) bond motifs is 1. The molecule has 0 N–H and O–H groups in total. The summed E-state index contributed by atoms with van der Waals surface area (Å²) in [7, 11) is 3.74. The van der Waals surface area contributed by atoms with E-state index in [9.17, 15) is 4.79 Å². The highest BCUT2D eigenvalue weighted by Gasteiger charge is 2.29. The summed E-state index contributed by atoms with van der Waals surface area (Å²) in [6.07, 6.45) is 11.5. The van der Waals surface area contributed by atoms with Gasteiger partial charge in [-0.1, -0.05) is 39.8 Å². The van der Waals surface area contributed by atoms with Crippen molar-refractivity contribution in [1.82, 2.24) is 9.80 Å². The summed E-state index contributed by atoms with van der Waals surface area (Å²) in [5.41, 5.74) is 3.51. The van der Waals surface area contributed by atoms with E-state index in [0.29, 0.717) is 20.1 Å². The summed E-state index contributed by atoms with van der Waals surface area (Å²) in [6.45, 7) is 5.34. The van der Waals surface area contributed by atoms with Crippen molar-refractivity contribution in [3.05, 3.63) is 65.4 Å². The molecule has 0 fully saturated rings. The van der Waals surface area contributed by atoms with Gasteiger partial charge in [0.05, 0.1) is 20.0 Å². The number of rotatable bonds is 5. The minimum absolute atomic E-state index is 0.0342. The molecule has 5 nitrogen and oxygen atoms in total. The van der Waals surface area contributed by atoms with E-state index in [1.165, 1.54) is 5.57 Å². The highest BCUT2D eigenvalue weighted by molar-refractivity contribution is 7.51. The molecule has 0 saturated carbocycles. The first-order valence-corrected chi connectivity index (χ1v) is 11.1. The minimum atomic E-state index is 0.0342. The summed E-state index contributed by atoms with van der Waals surface area (Å²) < 4.78 is 10.7. The second-order valence-corrected chi connectivity index (χ2v) is 8.70. The van der Waals surface area contributed by atoms with Crippen molar-refractivity contribution >= 4 is 19.8 Å². The van der Waals surface area contributed by atoms with Crippen LogP contribution in [0, 0.1) is 0 Å². The Hall–Kier alpha value is -2.36. The molecule has 152 valence electrons. The zero-order valence-corrected chi connectivity index (χ0v) is 18.1. The highest BCUT2D eigenvalue weighted by Crippen LogP contribution is 2.46. The molecule has 1 aromatic carbocycles. The van der Waals surface area contributed by atoms with Crippen molar-refractivity contribution in [2.45, 2.75) is 19.1 Å². The van der Waals surface area contributed by atoms with Crippen LogP contribution in [0.25, 0.3) is 5.31 Å². The minimum Gasteiger partial charge on any atom is -0.493 e. The van der Waals surface area contributed by atoms with Crippen molar-refractivity contribution in [3.63, 3.8) is 0 Å². The Morgan fingerprint density at radius 2 is 2.03 bits per heavy atom. The first kappa shape index (κ1) is 19.9. The predicted octanol–water partition coefficient (Wildman–Crippen LogP) is 4.00. The number of carbonyl (C=O) groups is 1. The Kier molecular flexibility index (Phi) is 5.89. The third-order valence-electron chi connectivity index (χ3n) is 5.67. The molecule has 6 heteroatoms. The average molecular weight is 410 g/mol. The van der Waals surface area contributed by atoms with E-state index in [2.05, 4.69) is 30.1 Å². The molecule has 2 atom stereocenters. The molecule has 3 heterocycles. The zero-order chi connectivity index (χ0) is 20.4. The first-order valence-electron chi connectivity index (χ1n) is 9.97. The third kappa shape index (κ3) is 4.03. The summed E-state index contributed by atoms with van der Waals surface area (Å²) in [4.78, 5) is 17.2. The third-order valence-corrected chi connectivity index (χ3v) is 7.18. The lowest BCUT2D eigenvalue weighted by atomic mass is 9.98. The molecule has 1 aromatic rings. The lowest BCUT2D eigenvalue weighted by Crippen LogP contribution is -2.36. The Labute approximate surface area is 174 Å². The van der Waals surface area contributed by atoms with Crippen LogP contribution < -0.4 is 9.47 Å². The van der Waals surface area contributed by atoms with E-state index in [1.807, 2.05) is 29.3 Å². The number of hydrogen-bond donors (Lipinski definition) is 0. The van der Waals surface area contributed by atoms with Gasteiger partial charge >= 0.3 is 0 Å². The summed E-state index contributed by atoms with van der Waals surface area (Å²) in [5, 5.41) is 1.05. The molecule has 1 amide bonds. The Balaban J connectivity index is 1.56. The lowest BCUT2D eigenvalue weighted by Gasteiger charge is -2.35. The number of amides is 1. The van der Waals surface area contributed by atoms with Gasteiger partial charge in [0, 0.05) is 25.4 Å². The second-order valence-electron chi connectivity index (χ2n) is 7.28. The van der Waals surface area contributed by atoms with Crippen LogP contribution >= 0.6 is 8.58 Å². The van der Waals surface area contributed by atoms with E-state index >= 15 is 0 Å². The fraction of sp³-hybridized carbons (Fsp3) is 0.348. The van der Waals surface area contributed by atoms with E-state index in [1.54, 1.807) is 20.3 Å². The van der Waals surface area contributed by atoms with E-state index < -0.39 is 0 Å². The zero-order valence-electron chi connectivity index (χ0n) is 17.1. The number of allylic oxidation sites excluding steroid dienone is 2. The Bertz CT molecular complexity index is 932. The Morgan fingerprint density at radius 1 is 1.21 bits per heavy atom. The molecule has 0 spiro atoms. The highest BCUT2D eigenvalue weighted by atomic mass is 31.1. The maximum atomic E-state index is 12.9. The van der Waals surface area contributed by atoms with Gasteiger partial charge in [0.25, 0.3) is 5.91 Å². The molecular formula is C23H27N2O3P. The van der Waals surface area contributed by atoms with Crippen LogP contribution in [0.5, 0.6) is 11.5 Å². The number of benzene rings is 1. The summed E-state index contributed by atoms with van der Waals surface area (Å²) in [6, 6.07) is 5.82. The molecular weight excluding hydrogens is 383 g/mol. The fourth-order valence-corrected chi connectivity index (χ4v) is 5.28. The van der Waals surface area contributed by atoms with Crippen molar-refractivity contribution in [1.29, 1.82) is 0 Å². The molecule has 0 aliphatic carbocycles. The number of hydrogen-bond acceptors (Lipinski definition) is 4. The van der Waals surface area contributed by atoms with Gasteiger partial charge in [-0.15, -0.1) is 0 Å². The lowest BCUT2D eigenvalue weighted by molar-refractivity contribution is -0.123. The Morgan fingerprint density at radius 3 is 2.72 bits per heavy atom. The van der Waals surface area contributed by atoms with Gasteiger partial charge < -0.3 is 14.4 Å². The quantitative estimate of drug-likeness (QED) is 0.689. The standard InChI is InChI=1S/C23H27N2O3P/c1-4-24-11-9-16(10-12-24)18-6-8-23-25(15-18)22(26)14-21(29-23)17-5-7-19(27-2)20(13-17)28-3/h5-9,13-15,23,29H,4,10-12H2,1-3H3. The van der Waals surface area contributed by atoms with Crippen molar-refractivity contribution in [3.8, 4) is 11.5 Å². The molecule has 4 rings (SSSR count). The van der Waals surface area contributed by atoms with Gasteiger partial charge in [-0.2, -0.15) is 0 Å². The van der Waals surface area contributed by atoms with Gasteiger partial charge in [0.1, 0.15) is 0 Å². The smallest absolute Gasteiger partial charge is 0.252 e. The molecule has 0 bridgehead atoms. The topological polar surface area (TPSA) is 42.0 Å². The number of carbonyl (C=O) groups excluding carboxylic acids is 1. The molecule has 3 aliphatic heterocycles. The second kappa shape index (κ2) is 8.56. The molecule has 2 unspecified atom stereocenters. The van der Waals surface area contributed by atoms with Crippen molar-refractivity contribution in [2.24, 2.45) is 0 Å². The van der Waals surface area contributed by atoms with E-state index in [4.69, 9.17) is 9.47 Å². The van der Waals surface area contributed by atoms with Gasteiger partial charge in [0.2, 0.25) is 0 Å². The van der Waals surface area contributed by atoms with Crippen LogP contribution in [-0.4, -0.2) is 55.3 Å². The van der Waals surface area contributed by atoms with Crippen LogP contribution in [0.3, 0.4) is 0 Å². The van der Waals surface area contributed by atoms with E-state index in [-0.39, 0.29) is 11.7 Å². The van der Waals surface area contributed by atoms with Gasteiger partial charge in [-0.05, 0) is 47.1 Å². The molecule has 0 radical (unpaired) electrons. The number of ether oxygens (including phenoxy) is 2. The average Bonchev–Trinajstić information content (AvgIpc) is 2.78. The molecule has 3 aliphatic rings. The maximum absolute atomic E-state index is 12.9. The van der Waals surface area contributed by atoms with Crippen LogP contribution in [0.2, 0.25) is 0 Å². The van der Waals surface area contributed by atoms with Gasteiger partial charge in [-0.25, -0.2) is 0 Å². The monoisotopic (exact) mass is 410 g/mol. The normalized spacial score (nSPS) is 22.7.